The number of nitrogens with two attached hydrogens (primary N) is 1. The molecule has 1 aliphatic heterocycles. The van der Waals surface area contributed by atoms with Crippen molar-refractivity contribution in [1.82, 2.24) is 4.90 Å². The molecule has 1 amide bonds. The molecule has 98 valence electrons. The lowest BCUT2D eigenvalue weighted by Gasteiger charge is -2.41. The molecule has 2 N–H and O–H groups in total. The van der Waals surface area contributed by atoms with Gasteiger partial charge in [-0.3, -0.25) is 4.79 Å². The number of carbonyl (C=O) groups excluding carboxylic acids is 1. The summed E-state index contributed by atoms with van der Waals surface area (Å²) < 4.78 is 0. The maximum Gasteiger partial charge on any atom is 0.223 e. The molecule has 3 nitrogen and oxygen atoms in total. The van der Waals surface area contributed by atoms with Crippen LogP contribution >= 0.6 is 0 Å². The molecular formula is C14H26N2O. The van der Waals surface area contributed by atoms with Gasteiger partial charge in [0.2, 0.25) is 5.91 Å². The lowest BCUT2D eigenvalue weighted by atomic mass is 9.66. The number of rotatable bonds is 5. The van der Waals surface area contributed by atoms with Gasteiger partial charge >= 0.3 is 0 Å². The molecule has 1 aliphatic carbocycles. The Morgan fingerprint density at radius 1 is 1.47 bits per heavy atom. The van der Waals surface area contributed by atoms with Gasteiger partial charge in [0.05, 0.1) is 0 Å². The van der Waals surface area contributed by atoms with Crippen LogP contribution in [0.2, 0.25) is 0 Å². The quantitative estimate of drug-likeness (QED) is 0.797. The van der Waals surface area contributed by atoms with Crippen molar-refractivity contribution in [2.24, 2.45) is 17.1 Å². The summed E-state index contributed by atoms with van der Waals surface area (Å²) in [5.41, 5.74) is 5.99. The molecule has 2 fully saturated rings. The van der Waals surface area contributed by atoms with Crippen molar-refractivity contribution in [2.75, 3.05) is 19.6 Å². The summed E-state index contributed by atoms with van der Waals surface area (Å²) in [6.45, 7) is 4.88. The van der Waals surface area contributed by atoms with E-state index in [2.05, 4.69) is 11.8 Å². The van der Waals surface area contributed by atoms with E-state index in [0.29, 0.717) is 18.9 Å². The van der Waals surface area contributed by atoms with Gasteiger partial charge in [0.25, 0.3) is 0 Å². The molecule has 0 aromatic rings. The zero-order valence-corrected chi connectivity index (χ0v) is 11.1. The van der Waals surface area contributed by atoms with E-state index in [9.17, 15) is 4.79 Å². The highest BCUT2D eigenvalue weighted by atomic mass is 16.2. The first kappa shape index (κ1) is 12.9. The highest BCUT2D eigenvalue weighted by Gasteiger charge is 2.39. The Labute approximate surface area is 105 Å². The highest BCUT2D eigenvalue weighted by molar-refractivity contribution is 5.77. The van der Waals surface area contributed by atoms with Crippen LogP contribution in [0, 0.1) is 11.3 Å². The van der Waals surface area contributed by atoms with E-state index in [1.54, 1.807) is 0 Å². The van der Waals surface area contributed by atoms with Crippen LogP contribution in [0.5, 0.6) is 0 Å². The maximum atomic E-state index is 12.2. The fourth-order valence-corrected chi connectivity index (χ4v) is 3.27. The van der Waals surface area contributed by atoms with Crippen molar-refractivity contribution in [3.8, 4) is 0 Å². The maximum absolute atomic E-state index is 12.2. The summed E-state index contributed by atoms with van der Waals surface area (Å²) in [5.74, 6) is 1.10. The third-order valence-corrected chi connectivity index (χ3v) is 4.71. The third-order valence-electron chi connectivity index (χ3n) is 4.71. The molecule has 17 heavy (non-hydrogen) atoms. The Hall–Kier alpha value is -0.570. The van der Waals surface area contributed by atoms with Crippen molar-refractivity contribution in [1.29, 1.82) is 0 Å². The number of likely N-dealkylation sites (tertiary alicyclic amines) is 1. The summed E-state index contributed by atoms with van der Waals surface area (Å²) in [7, 11) is 0. The van der Waals surface area contributed by atoms with Crippen molar-refractivity contribution in [2.45, 2.75) is 51.9 Å². The first-order valence-electron chi connectivity index (χ1n) is 7.17. The molecule has 1 heterocycles. The van der Waals surface area contributed by atoms with Gasteiger partial charge < -0.3 is 10.6 Å². The van der Waals surface area contributed by atoms with Gasteiger partial charge in [-0.25, -0.2) is 0 Å². The van der Waals surface area contributed by atoms with Crippen LogP contribution in [0.15, 0.2) is 0 Å². The van der Waals surface area contributed by atoms with Crippen LogP contribution in [-0.4, -0.2) is 30.4 Å². The average molecular weight is 238 g/mol. The van der Waals surface area contributed by atoms with E-state index in [4.69, 9.17) is 5.73 Å². The van der Waals surface area contributed by atoms with Gasteiger partial charge in [-0.15, -0.1) is 0 Å². The number of nitrogens with zero attached hydrogens (tertiary/aromatic N) is 1. The largest absolute Gasteiger partial charge is 0.342 e. The van der Waals surface area contributed by atoms with Crippen LogP contribution in [0.4, 0.5) is 0 Å². The van der Waals surface area contributed by atoms with Gasteiger partial charge in [0, 0.05) is 19.5 Å². The van der Waals surface area contributed by atoms with Crippen LogP contribution < -0.4 is 5.73 Å². The van der Waals surface area contributed by atoms with Crippen LogP contribution in [0.3, 0.4) is 0 Å². The van der Waals surface area contributed by atoms with Crippen LogP contribution in [-0.2, 0) is 4.79 Å². The second kappa shape index (κ2) is 5.38. The molecule has 3 heteroatoms. The van der Waals surface area contributed by atoms with Crippen molar-refractivity contribution in [3.05, 3.63) is 0 Å². The van der Waals surface area contributed by atoms with Crippen LogP contribution in [0.1, 0.15) is 51.9 Å². The van der Waals surface area contributed by atoms with E-state index in [1.807, 2.05) is 0 Å². The second-order valence-electron chi connectivity index (χ2n) is 6.02. The van der Waals surface area contributed by atoms with Crippen LogP contribution in [0.25, 0.3) is 0 Å². The predicted molar refractivity (Wildman–Crippen MR) is 69.6 cm³/mol. The molecule has 0 aromatic carbocycles. The lowest BCUT2D eigenvalue weighted by molar-refractivity contribution is -0.134. The normalized spacial score (nSPS) is 26.9. The molecule has 0 spiro atoms. The average Bonchev–Trinajstić information content (AvgIpc) is 2.72. The van der Waals surface area contributed by atoms with E-state index in [1.165, 1.54) is 25.7 Å². The molecule has 1 unspecified atom stereocenters. The molecule has 1 atom stereocenters. The molecule has 2 aliphatic rings. The molecule has 1 saturated heterocycles. The minimum Gasteiger partial charge on any atom is -0.342 e. The first-order valence-corrected chi connectivity index (χ1v) is 7.17. The summed E-state index contributed by atoms with van der Waals surface area (Å²) in [5, 5.41) is 0. The molecule has 0 radical (unpaired) electrons. The standard InChI is InChI=1S/C14H26N2O/c1-2-4-12-5-8-16(10-12)13(17)9-14(11-15)6-3-7-14/h12H,2-11,15H2,1H3. The smallest absolute Gasteiger partial charge is 0.223 e. The zero-order valence-electron chi connectivity index (χ0n) is 11.1. The second-order valence-corrected chi connectivity index (χ2v) is 6.02. The summed E-state index contributed by atoms with van der Waals surface area (Å²) in [4.78, 5) is 14.3. The minimum atomic E-state index is 0.167. The fraction of sp³-hybridized carbons (Fsp3) is 0.929. The van der Waals surface area contributed by atoms with Gasteiger partial charge in [-0.1, -0.05) is 19.8 Å². The highest BCUT2D eigenvalue weighted by Crippen LogP contribution is 2.43. The summed E-state index contributed by atoms with van der Waals surface area (Å²) in [6, 6.07) is 0. The van der Waals surface area contributed by atoms with Crippen molar-refractivity contribution in [3.63, 3.8) is 0 Å². The Morgan fingerprint density at radius 2 is 2.24 bits per heavy atom. The summed E-state index contributed by atoms with van der Waals surface area (Å²) in [6.07, 6.45) is 7.97. The Morgan fingerprint density at radius 3 is 2.76 bits per heavy atom. The molecule has 0 aromatic heterocycles. The van der Waals surface area contributed by atoms with E-state index < -0.39 is 0 Å². The number of amides is 1. The summed E-state index contributed by atoms with van der Waals surface area (Å²) >= 11 is 0. The molecular weight excluding hydrogens is 212 g/mol. The Balaban J connectivity index is 1.81. The van der Waals surface area contributed by atoms with Gasteiger partial charge in [-0.2, -0.15) is 0 Å². The van der Waals surface area contributed by atoms with E-state index >= 15 is 0 Å². The minimum absolute atomic E-state index is 0.167. The lowest BCUT2D eigenvalue weighted by Crippen LogP contribution is -2.42. The van der Waals surface area contributed by atoms with Crippen molar-refractivity contribution < 1.29 is 4.79 Å². The van der Waals surface area contributed by atoms with Gasteiger partial charge in [-0.05, 0) is 43.6 Å². The monoisotopic (exact) mass is 238 g/mol. The molecule has 1 saturated carbocycles. The zero-order chi connectivity index (χ0) is 12.3. The Bertz CT molecular complexity index is 268. The van der Waals surface area contributed by atoms with E-state index in [-0.39, 0.29) is 5.41 Å². The number of carbonyl (C=O) groups is 1. The molecule has 0 bridgehead atoms. The third kappa shape index (κ3) is 2.82. The SMILES string of the molecule is CCCC1CCN(C(=O)CC2(CN)CCC2)C1. The first-order chi connectivity index (χ1) is 8.19. The van der Waals surface area contributed by atoms with Gasteiger partial charge in [0.1, 0.15) is 0 Å². The van der Waals surface area contributed by atoms with Crippen molar-refractivity contribution >= 4 is 5.91 Å². The topological polar surface area (TPSA) is 46.3 Å². The van der Waals surface area contributed by atoms with Gasteiger partial charge in [0.15, 0.2) is 0 Å². The fourth-order valence-electron chi connectivity index (χ4n) is 3.27. The molecule has 2 rings (SSSR count). The van der Waals surface area contributed by atoms with E-state index in [0.717, 1.165) is 31.8 Å². The Kier molecular flexibility index (Phi) is 4.08. The predicted octanol–water partition coefficient (Wildman–Crippen LogP) is 2.15. The number of hydrogen-bond acceptors (Lipinski definition) is 2. The number of hydrogen-bond donors (Lipinski definition) is 1.